The van der Waals surface area contributed by atoms with Crippen LogP contribution in [0.15, 0.2) is 34.9 Å². The predicted molar refractivity (Wildman–Crippen MR) is 81.4 cm³/mol. The van der Waals surface area contributed by atoms with Crippen molar-refractivity contribution in [3.63, 3.8) is 0 Å². The molecule has 2 N–H and O–H groups in total. The van der Waals surface area contributed by atoms with E-state index < -0.39 is 0 Å². The van der Waals surface area contributed by atoms with Gasteiger partial charge in [-0.05, 0) is 48.8 Å². The van der Waals surface area contributed by atoms with E-state index in [2.05, 4.69) is 31.5 Å². The Hall–Kier alpha value is -1.62. The molecular weight excluding hydrogens is 306 g/mol. The SMILES string of the molecule is CC(C)(C)NC(=O)Nc1cccc2cc(Br)cnc12. The predicted octanol–water partition coefficient (Wildman–Crippen LogP) is 3.92. The lowest BCUT2D eigenvalue weighted by Gasteiger charge is -2.21. The molecular formula is C14H16BrN3O. The summed E-state index contributed by atoms with van der Waals surface area (Å²) in [5.41, 5.74) is 1.20. The number of pyridine rings is 1. The number of nitrogens with zero attached hydrogens (tertiary/aromatic N) is 1. The molecule has 1 aromatic heterocycles. The van der Waals surface area contributed by atoms with Gasteiger partial charge in [-0.2, -0.15) is 0 Å². The molecule has 2 amide bonds. The molecule has 4 nitrogen and oxygen atoms in total. The zero-order valence-electron chi connectivity index (χ0n) is 11.1. The van der Waals surface area contributed by atoms with Crippen molar-refractivity contribution < 1.29 is 4.79 Å². The number of hydrogen-bond acceptors (Lipinski definition) is 2. The average Bonchev–Trinajstić information content (AvgIpc) is 2.26. The molecule has 0 bridgehead atoms. The third kappa shape index (κ3) is 3.67. The van der Waals surface area contributed by atoms with E-state index in [9.17, 15) is 4.79 Å². The molecule has 19 heavy (non-hydrogen) atoms. The summed E-state index contributed by atoms with van der Waals surface area (Å²) in [6.45, 7) is 5.81. The molecule has 0 aliphatic heterocycles. The number of fused-ring (bicyclic) bond motifs is 1. The Labute approximate surface area is 120 Å². The van der Waals surface area contributed by atoms with Gasteiger partial charge in [0.2, 0.25) is 0 Å². The van der Waals surface area contributed by atoms with Gasteiger partial charge in [0.25, 0.3) is 0 Å². The summed E-state index contributed by atoms with van der Waals surface area (Å²) >= 11 is 3.39. The van der Waals surface area contributed by atoms with Crippen molar-refractivity contribution in [2.45, 2.75) is 26.3 Å². The molecule has 5 heteroatoms. The number of halogens is 1. The summed E-state index contributed by atoms with van der Waals surface area (Å²) in [4.78, 5) is 16.2. The number of urea groups is 1. The first-order chi connectivity index (χ1) is 8.85. The van der Waals surface area contributed by atoms with Gasteiger partial charge >= 0.3 is 6.03 Å². The van der Waals surface area contributed by atoms with Crippen LogP contribution in [0.25, 0.3) is 10.9 Å². The van der Waals surface area contributed by atoms with Crippen LogP contribution in [0, 0.1) is 0 Å². The van der Waals surface area contributed by atoms with Gasteiger partial charge in [-0.15, -0.1) is 0 Å². The molecule has 100 valence electrons. The van der Waals surface area contributed by atoms with Gasteiger partial charge in [0, 0.05) is 21.6 Å². The van der Waals surface area contributed by atoms with Crippen molar-refractivity contribution in [2.75, 3.05) is 5.32 Å². The highest BCUT2D eigenvalue weighted by atomic mass is 79.9. The minimum absolute atomic E-state index is 0.232. The number of nitrogens with one attached hydrogen (secondary N) is 2. The maximum atomic E-state index is 11.9. The average molecular weight is 322 g/mol. The molecule has 0 aliphatic carbocycles. The quantitative estimate of drug-likeness (QED) is 0.836. The number of carbonyl (C=O) groups excluding carboxylic acids is 1. The maximum absolute atomic E-state index is 11.9. The first kappa shape index (κ1) is 13.8. The first-order valence-corrected chi connectivity index (χ1v) is 6.78. The van der Waals surface area contributed by atoms with Crippen LogP contribution >= 0.6 is 15.9 Å². The lowest BCUT2D eigenvalue weighted by molar-refractivity contribution is 0.244. The van der Waals surface area contributed by atoms with Crippen molar-refractivity contribution in [1.82, 2.24) is 10.3 Å². The Kier molecular flexibility index (Phi) is 3.75. The molecule has 0 fully saturated rings. The van der Waals surface area contributed by atoms with Crippen LogP contribution in [0.3, 0.4) is 0 Å². The molecule has 2 rings (SSSR count). The van der Waals surface area contributed by atoms with Crippen molar-refractivity contribution in [1.29, 1.82) is 0 Å². The third-order valence-electron chi connectivity index (χ3n) is 2.41. The molecule has 0 unspecified atom stereocenters. The van der Waals surface area contributed by atoms with Crippen LogP contribution in [0.4, 0.5) is 10.5 Å². The van der Waals surface area contributed by atoms with Gasteiger partial charge in [0.05, 0.1) is 11.2 Å². The lowest BCUT2D eigenvalue weighted by atomic mass is 10.1. The normalized spacial score (nSPS) is 11.4. The molecule has 1 aromatic carbocycles. The topological polar surface area (TPSA) is 54.0 Å². The standard InChI is InChI=1S/C14H16BrN3O/c1-14(2,3)18-13(19)17-11-6-4-5-9-7-10(15)8-16-12(9)11/h4-8H,1-3H3,(H2,17,18,19). The van der Waals surface area contributed by atoms with Gasteiger partial charge in [-0.1, -0.05) is 12.1 Å². The van der Waals surface area contributed by atoms with E-state index in [1.807, 2.05) is 45.0 Å². The monoisotopic (exact) mass is 321 g/mol. The van der Waals surface area contributed by atoms with Crippen LogP contribution in [0.2, 0.25) is 0 Å². The molecule has 0 saturated heterocycles. The van der Waals surface area contributed by atoms with Gasteiger partial charge in [-0.25, -0.2) is 4.79 Å². The number of anilines is 1. The van der Waals surface area contributed by atoms with Crippen LogP contribution in [-0.2, 0) is 0 Å². The number of aromatic nitrogens is 1. The van der Waals surface area contributed by atoms with Crippen LogP contribution in [0.1, 0.15) is 20.8 Å². The Morgan fingerprint density at radius 1 is 1.32 bits per heavy atom. The van der Waals surface area contributed by atoms with E-state index >= 15 is 0 Å². The first-order valence-electron chi connectivity index (χ1n) is 5.98. The van der Waals surface area contributed by atoms with Crippen molar-refractivity contribution >= 4 is 38.6 Å². The van der Waals surface area contributed by atoms with E-state index in [0.29, 0.717) is 5.69 Å². The Bertz CT molecular complexity index is 620. The van der Waals surface area contributed by atoms with Gasteiger partial charge in [0.15, 0.2) is 0 Å². The zero-order valence-corrected chi connectivity index (χ0v) is 12.7. The van der Waals surface area contributed by atoms with Gasteiger partial charge in [0.1, 0.15) is 0 Å². The second-order valence-electron chi connectivity index (χ2n) is 5.36. The highest BCUT2D eigenvalue weighted by molar-refractivity contribution is 9.10. The fourth-order valence-corrected chi connectivity index (χ4v) is 2.08. The van der Waals surface area contributed by atoms with Crippen molar-refractivity contribution in [3.05, 3.63) is 34.9 Å². The Morgan fingerprint density at radius 3 is 2.74 bits per heavy atom. The summed E-state index contributed by atoms with van der Waals surface area (Å²) < 4.78 is 0.913. The van der Waals surface area contributed by atoms with Crippen molar-refractivity contribution in [2.24, 2.45) is 0 Å². The van der Waals surface area contributed by atoms with Crippen LogP contribution in [-0.4, -0.2) is 16.6 Å². The molecule has 0 spiro atoms. The second-order valence-corrected chi connectivity index (χ2v) is 6.28. The van der Waals surface area contributed by atoms with E-state index in [1.54, 1.807) is 6.20 Å². The highest BCUT2D eigenvalue weighted by Gasteiger charge is 2.14. The number of amides is 2. The molecule has 1 heterocycles. The minimum atomic E-state index is -0.273. The van der Waals surface area contributed by atoms with E-state index in [0.717, 1.165) is 15.4 Å². The number of carbonyl (C=O) groups is 1. The molecule has 0 radical (unpaired) electrons. The maximum Gasteiger partial charge on any atom is 0.319 e. The molecule has 0 atom stereocenters. The van der Waals surface area contributed by atoms with E-state index in [-0.39, 0.29) is 11.6 Å². The largest absolute Gasteiger partial charge is 0.333 e. The summed E-state index contributed by atoms with van der Waals surface area (Å²) in [5.74, 6) is 0. The zero-order chi connectivity index (χ0) is 14.0. The van der Waals surface area contributed by atoms with Crippen molar-refractivity contribution in [3.8, 4) is 0 Å². The summed E-state index contributed by atoms with van der Waals surface area (Å²) in [6, 6.07) is 7.42. The smallest absolute Gasteiger partial charge is 0.319 e. The second kappa shape index (κ2) is 5.17. The highest BCUT2D eigenvalue weighted by Crippen LogP contribution is 2.23. The summed E-state index contributed by atoms with van der Waals surface area (Å²) in [5, 5.41) is 6.66. The van der Waals surface area contributed by atoms with E-state index in [4.69, 9.17) is 0 Å². The number of rotatable bonds is 1. The van der Waals surface area contributed by atoms with E-state index in [1.165, 1.54) is 0 Å². The Balaban J connectivity index is 2.28. The molecule has 0 saturated carbocycles. The molecule has 2 aromatic rings. The third-order valence-corrected chi connectivity index (χ3v) is 2.85. The van der Waals surface area contributed by atoms with Gasteiger partial charge in [-0.3, -0.25) is 4.98 Å². The molecule has 0 aliphatic rings. The number of benzene rings is 1. The van der Waals surface area contributed by atoms with Crippen LogP contribution in [0.5, 0.6) is 0 Å². The van der Waals surface area contributed by atoms with Crippen LogP contribution < -0.4 is 10.6 Å². The fraction of sp³-hybridized carbons (Fsp3) is 0.286. The summed E-state index contributed by atoms with van der Waals surface area (Å²) in [7, 11) is 0. The Morgan fingerprint density at radius 2 is 2.05 bits per heavy atom. The fourth-order valence-electron chi connectivity index (χ4n) is 1.73. The minimum Gasteiger partial charge on any atom is -0.333 e. The lowest BCUT2D eigenvalue weighted by Crippen LogP contribution is -2.43. The summed E-state index contributed by atoms with van der Waals surface area (Å²) in [6.07, 6.45) is 1.72. The van der Waals surface area contributed by atoms with Gasteiger partial charge < -0.3 is 10.6 Å². The number of hydrogen-bond donors (Lipinski definition) is 2. The number of para-hydroxylation sites is 1.